The number of pyridine rings is 1. The van der Waals surface area contributed by atoms with Crippen molar-refractivity contribution in [2.75, 3.05) is 33.3 Å². The summed E-state index contributed by atoms with van der Waals surface area (Å²) in [4.78, 5) is 22.4. The SMILES string of the molecule is CO[C@]1(c2ccc(Cl)cc2)c2ccc(C(C)(O)CN3CCN4NNC=C4C3)cc2C(=O)N1Cc1ccc(Cl)cn1. The lowest BCUT2D eigenvalue weighted by Gasteiger charge is -2.39. The number of hydrogen-bond donors (Lipinski definition) is 3. The molecule has 1 saturated heterocycles. The number of carbonyl (C=O) groups is 1. The molecule has 0 aliphatic carbocycles. The molecule has 1 aromatic heterocycles. The van der Waals surface area contributed by atoms with Crippen molar-refractivity contribution in [1.82, 2.24) is 30.8 Å². The van der Waals surface area contributed by atoms with Gasteiger partial charge >= 0.3 is 0 Å². The van der Waals surface area contributed by atoms with Crippen LogP contribution in [0.1, 0.15) is 39.7 Å². The van der Waals surface area contributed by atoms with Crippen molar-refractivity contribution in [3.05, 3.63) is 111 Å². The number of hydrazine groups is 2. The zero-order valence-electron chi connectivity index (χ0n) is 22.2. The number of benzene rings is 2. The third kappa shape index (κ3) is 4.62. The highest BCUT2D eigenvalue weighted by molar-refractivity contribution is 6.30. The maximum Gasteiger partial charge on any atom is 0.257 e. The van der Waals surface area contributed by atoms with Crippen molar-refractivity contribution < 1.29 is 14.6 Å². The lowest BCUT2D eigenvalue weighted by Crippen LogP contribution is -2.51. The van der Waals surface area contributed by atoms with E-state index in [1.165, 1.54) is 0 Å². The fourth-order valence-corrected chi connectivity index (χ4v) is 6.08. The minimum Gasteiger partial charge on any atom is -0.384 e. The number of fused-ring (bicyclic) bond motifs is 2. The van der Waals surface area contributed by atoms with Crippen molar-refractivity contribution in [2.45, 2.75) is 24.8 Å². The van der Waals surface area contributed by atoms with Crippen LogP contribution in [0, 0.1) is 0 Å². The Bertz CT molecular complexity index is 1460. The fraction of sp³-hybridized carbons (Fsp3) is 0.310. The summed E-state index contributed by atoms with van der Waals surface area (Å²) in [7, 11) is 1.59. The molecule has 9 nitrogen and oxygen atoms in total. The van der Waals surface area contributed by atoms with Gasteiger partial charge in [0.15, 0.2) is 5.72 Å². The average Bonchev–Trinajstić information content (AvgIpc) is 3.51. The molecular formula is C29H30Cl2N6O3. The van der Waals surface area contributed by atoms with Crippen molar-refractivity contribution in [3.8, 4) is 0 Å². The highest BCUT2D eigenvalue weighted by Crippen LogP contribution is 2.47. The molecule has 2 aromatic carbocycles. The molecule has 0 saturated carbocycles. The van der Waals surface area contributed by atoms with Gasteiger partial charge in [-0.05, 0) is 42.8 Å². The summed E-state index contributed by atoms with van der Waals surface area (Å²) in [5.74, 6) is -0.219. The van der Waals surface area contributed by atoms with Crippen molar-refractivity contribution in [2.24, 2.45) is 0 Å². The highest BCUT2D eigenvalue weighted by Gasteiger charge is 2.52. The van der Waals surface area contributed by atoms with Crippen molar-refractivity contribution in [3.63, 3.8) is 0 Å². The molecule has 2 atom stereocenters. The maximum atomic E-state index is 14.1. The van der Waals surface area contributed by atoms with E-state index in [4.69, 9.17) is 27.9 Å². The van der Waals surface area contributed by atoms with Gasteiger partial charge in [0.2, 0.25) is 0 Å². The van der Waals surface area contributed by atoms with E-state index in [1.54, 1.807) is 55.5 Å². The van der Waals surface area contributed by atoms with Gasteiger partial charge in [-0.2, -0.15) is 0 Å². The van der Waals surface area contributed by atoms with Gasteiger partial charge < -0.3 is 15.3 Å². The van der Waals surface area contributed by atoms with Crippen LogP contribution in [0.25, 0.3) is 0 Å². The first-order valence-corrected chi connectivity index (χ1v) is 13.8. The smallest absolute Gasteiger partial charge is 0.257 e. The van der Waals surface area contributed by atoms with Crippen LogP contribution in [0.2, 0.25) is 10.0 Å². The number of amides is 1. The van der Waals surface area contributed by atoms with Gasteiger partial charge in [-0.3, -0.25) is 24.6 Å². The number of methoxy groups -OCH3 is 1. The number of β-amino-alcohol motifs (C(OH)–C–C–N with tert-alkyl or cyclic N) is 1. The quantitative estimate of drug-likeness (QED) is 0.390. The zero-order valence-corrected chi connectivity index (χ0v) is 23.7. The van der Waals surface area contributed by atoms with Crippen LogP contribution in [0.5, 0.6) is 0 Å². The van der Waals surface area contributed by atoms with Gasteiger partial charge in [-0.15, -0.1) is 5.53 Å². The van der Waals surface area contributed by atoms with Crippen molar-refractivity contribution in [1.29, 1.82) is 0 Å². The van der Waals surface area contributed by atoms with Crippen LogP contribution in [0.15, 0.2) is 72.7 Å². The number of carbonyl (C=O) groups excluding carboxylic acids is 1. The van der Waals surface area contributed by atoms with E-state index in [9.17, 15) is 9.90 Å². The van der Waals surface area contributed by atoms with E-state index >= 15 is 0 Å². The second-order valence-electron chi connectivity index (χ2n) is 10.5. The summed E-state index contributed by atoms with van der Waals surface area (Å²) in [6.07, 6.45) is 3.49. The van der Waals surface area contributed by atoms with E-state index < -0.39 is 11.3 Å². The van der Waals surface area contributed by atoms with Crippen LogP contribution in [0.4, 0.5) is 0 Å². The largest absolute Gasteiger partial charge is 0.384 e. The molecule has 0 bridgehead atoms. The fourth-order valence-electron chi connectivity index (χ4n) is 5.84. The van der Waals surface area contributed by atoms with Gasteiger partial charge in [0.05, 0.1) is 28.6 Å². The summed E-state index contributed by atoms with van der Waals surface area (Å²) < 4.78 is 6.23. The predicted octanol–water partition coefficient (Wildman–Crippen LogP) is 3.58. The van der Waals surface area contributed by atoms with Crippen molar-refractivity contribution >= 4 is 29.1 Å². The summed E-state index contributed by atoms with van der Waals surface area (Å²) >= 11 is 12.3. The summed E-state index contributed by atoms with van der Waals surface area (Å²) in [6.45, 7) is 4.67. The second kappa shape index (κ2) is 10.3. The lowest BCUT2D eigenvalue weighted by atomic mass is 9.88. The van der Waals surface area contributed by atoms with Crippen LogP contribution < -0.4 is 11.0 Å². The Balaban J connectivity index is 1.37. The first-order chi connectivity index (χ1) is 19.2. The number of ether oxygens (including phenoxy) is 1. The predicted molar refractivity (Wildman–Crippen MR) is 152 cm³/mol. The van der Waals surface area contributed by atoms with Crippen LogP contribution >= 0.6 is 23.2 Å². The Kier molecular flexibility index (Phi) is 6.98. The third-order valence-corrected chi connectivity index (χ3v) is 8.32. The van der Waals surface area contributed by atoms with Crippen LogP contribution in [-0.2, 0) is 22.6 Å². The molecule has 4 heterocycles. The number of piperazine rings is 1. The van der Waals surface area contributed by atoms with E-state index in [-0.39, 0.29) is 12.5 Å². The Labute approximate surface area is 242 Å². The Morgan fingerprint density at radius 2 is 1.88 bits per heavy atom. The molecule has 40 heavy (non-hydrogen) atoms. The Morgan fingerprint density at radius 1 is 1.10 bits per heavy atom. The van der Waals surface area contributed by atoms with Gasteiger partial charge in [0.1, 0.15) is 0 Å². The second-order valence-corrected chi connectivity index (χ2v) is 11.4. The number of rotatable bonds is 7. The van der Waals surface area contributed by atoms with Crippen LogP contribution in [0.3, 0.4) is 0 Å². The molecule has 11 heteroatoms. The number of hydrogen-bond acceptors (Lipinski definition) is 8. The lowest BCUT2D eigenvalue weighted by molar-refractivity contribution is -0.0868. The summed E-state index contributed by atoms with van der Waals surface area (Å²) in [5, 5.41) is 14.8. The molecule has 1 amide bonds. The number of aliphatic hydroxyl groups is 1. The first-order valence-electron chi connectivity index (χ1n) is 13.0. The highest BCUT2D eigenvalue weighted by atomic mass is 35.5. The normalized spacial score (nSPS) is 22.0. The number of nitrogens with one attached hydrogen (secondary N) is 2. The summed E-state index contributed by atoms with van der Waals surface area (Å²) in [5.41, 5.74) is 8.06. The minimum absolute atomic E-state index is 0.189. The Morgan fingerprint density at radius 3 is 2.60 bits per heavy atom. The molecule has 0 spiro atoms. The Hall–Kier alpha value is -3.18. The first kappa shape index (κ1) is 27.0. The molecule has 1 fully saturated rings. The molecule has 1 unspecified atom stereocenters. The van der Waals surface area contributed by atoms with Crippen LogP contribution in [-0.4, -0.2) is 64.1 Å². The van der Waals surface area contributed by atoms with E-state index in [1.807, 2.05) is 30.5 Å². The number of halogens is 2. The molecule has 3 aliphatic heterocycles. The molecule has 3 N–H and O–H groups in total. The molecule has 6 rings (SSSR count). The van der Waals surface area contributed by atoms with Gasteiger partial charge in [0, 0.05) is 67.4 Å². The molecule has 0 radical (unpaired) electrons. The zero-order chi connectivity index (χ0) is 28.1. The average molecular weight is 582 g/mol. The standard InChI is InChI=1S/C29H30Cl2N6O3/c1-28(39,18-35-11-12-37-24(17-35)15-33-34-37)20-5-10-26-25(13-20)27(38)36(16-23-9-8-22(31)14-32-23)29(26,40-2)19-3-6-21(30)7-4-19/h3-10,13-15,33-34,39H,11-12,16-18H2,1-2H3/t28?,29-/m1/s1. The van der Waals surface area contributed by atoms with E-state index in [0.717, 1.165) is 24.4 Å². The van der Waals surface area contributed by atoms with Gasteiger partial charge in [-0.25, -0.2) is 0 Å². The molecule has 3 aliphatic rings. The molecule has 3 aromatic rings. The monoisotopic (exact) mass is 580 g/mol. The van der Waals surface area contributed by atoms with E-state index in [2.05, 4.69) is 25.9 Å². The molecular weight excluding hydrogens is 551 g/mol. The summed E-state index contributed by atoms with van der Waals surface area (Å²) in [6, 6.07) is 16.4. The maximum absolute atomic E-state index is 14.1. The molecule has 208 valence electrons. The van der Waals surface area contributed by atoms with Gasteiger partial charge in [0.25, 0.3) is 5.91 Å². The van der Waals surface area contributed by atoms with Gasteiger partial charge in [-0.1, -0.05) is 47.5 Å². The number of aromatic nitrogens is 1. The topological polar surface area (TPSA) is 93.2 Å². The number of nitrogens with zero attached hydrogens (tertiary/aromatic N) is 4. The van der Waals surface area contributed by atoms with E-state index in [0.29, 0.717) is 45.5 Å². The minimum atomic E-state index is -1.21. The third-order valence-electron chi connectivity index (χ3n) is 7.84.